The Bertz CT molecular complexity index is 367. The number of hydrogen-bond donors (Lipinski definition) is 0. The summed E-state index contributed by atoms with van der Waals surface area (Å²) in [5, 5.41) is 0. The maximum absolute atomic E-state index is 6.14. The topological polar surface area (TPSA) is 36.9 Å². The lowest BCUT2D eigenvalue weighted by atomic mass is 9.61. The van der Waals surface area contributed by atoms with Crippen LogP contribution >= 0.6 is 0 Å². The van der Waals surface area contributed by atoms with E-state index in [9.17, 15) is 0 Å². The van der Waals surface area contributed by atoms with Crippen LogP contribution in [0.2, 0.25) is 0 Å². The molecule has 0 radical (unpaired) electrons. The van der Waals surface area contributed by atoms with E-state index in [1.165, 1.54) is 0 Å². The summed E-state index contributed by atoms with van der Waals surface area (Å²) in [6, 6.07) is 0. The van der Waals surface area contributed by atoms with Crippen molar-refractivity contribution in [2.75, 3.05) is 6.61 Å². The van der Waals surface area contributed by atoms with Gasteiger partial charge in [-0.15, -0.1) is 0 Å². The molecule has 4 saturated heterocycles. The van der Waals surface area contributed by atoms with Crippen LogP contribution in [0.1, 0.15) is 53.9 Å². The molecule has 4 aliphatic rings. The fourth-order valence-electron chi connectivity index (χ4n) is 4.04. The zero-order valence-corrected chi connectivity index (χ0v) is 12.7. The molecule has 0 saturated carbocycles. The van der Waals surface area contributed by atoms with E-state index in [-0.39, 0.29) is 11.7 Å². The summed E-state index contributed by atoms with van der Waals surface area (Å²) >= 11 is 0. The smallest absolute Gasteiger partial charge is 0.201 e. The average Bonchev–Trinajstić information content (AvgIpc) is 2.52. The fourth-order valence-corrected chi connectivity index (χ4v) is 4.04. The highest BCUT2D eigenvalue weighted by molar-refractivity contribution is 5.08. The molecule has 2 bridgehead atoms. The lowest BCUT2D eigenvalue weighted by molar-refractivity contribution is -0.569. The van der Waals surface area contributed by atoms with E-state index in [2.05, 4.69) is 27.7 Å². The number of hydrogen-bond acceptors (Lipinski definition) is 4. The number of ether oxygens (including phenoxy) is 2. The summed E-state index contributed by atoms with van der Waals surface area (Å²) < 4.78 is 12.1. The standard InChI is InChI=1S/C15H26O4/c1-10(2)11-6-7-14(5)17-12-15(11,19-18-14)13(3,4)8-9-16-12/h10-12H,6-9H2,1-5H3. The van der Waals surface area contributed by atoms with E-state index in [1.807, 2.05) is 6.92 Å². The van der Waals surface area contributed by atoms with Gasteiger partial charge in [0.2, 0.25) is 5.79 Å². The van der Waals surface area contributed by atoms with Gasteiger partial charge >= 0.3 is 0 Å². The van der Waals surface area contributed by atoms with Gasteiger partial charge in [0.25, 0.3) is 0 Å². The first kappa shape index (κ1) is 13.8. The molecule has 0 aromatic rings. The summed E-state index contributed by atoms with van der Waals surface area (Å²) in [5.74, 6) is 0.235. The van der Waals surface area contributed by atoms with Crippen molar-refractivity contribution in [1.29, 1.82) is 0 Å². The normalized spacial score (nSPS) is 48.9. The molecule has 0 amide bonds. The molecule has 4 nitrogen and oxygen atoms in total. The number of rotatable bonds is 1. The second kappa shape index (κ2) is 4.17. The third-order valence-electron chi connectivity index (χ3n) is 5.38. The second-order valence-electron chi connectivity index (χ2n) is 7.44. The average molecular weight is 270 g/mol. The predicted octanol–water partition coefficient (Wildman–Crippen LogP) is 3.26. The van der Waals surface area contributed by atoms with Gasteiger partial charge in [-0.1, -0.05) is 27.7 Å². The van der Waals surface area contributed by atoms with Crippen molar-refractivity contribution < 1.29 is 19.2 Å². The van der Waals surface area contributed by atoms with Crippen LogP contribution in [0.3, 0.4) is 0 Å². The van der Waals surface area contributed by atoms with Gasteiger partial charge in [-0.2, -0.15) is 0 Å². The van der Waals surface area contributed by atoms with Crippen LogP contribution in [-0.4, -0.2) is 24.3 Å². The van der Waals surface area contributed by atoms with Crippen LogP contribution < -0.4 is 0 Å². The molecule has 0 N–H and O–H groups in total. The Balaban J connectivity index is 2.09. The molecule has 4 heterocycles. The SMILES string of the molecule is CC(C)C1CCC2(C)OOC13C(OCCC3(C)C)O2. The molecule has 1 spiro atoms. The minimum absolute atomic E-state index is 0.0173. The molecule has 110 valence electrons. The van der Waals surface area contributed by atoms with Crippen LogP contribution in [0.4, 0.5) is 0 Å². The summed E-state index contributed by atoms with van der Waals surface area (Å²) in [5.41, 5.74) is -0.508. The Kier molecular flexibility index (Phi) is 3.03. The Morgan fingerprint density at radius 2 is 1.79 bits per heavy atom. The van der Waals surface area contributed by atoms with Crippen LogP contribution in [0, 0.1) is 17.3 Å². The molecule has 4 fully saturated rings. The molecule has 4 aliphatic heterocycles. The van der Waals surface area contributed by atoms with E-state index in [0.29, 0.717) is 11.8 Å². The first-order valence-electron chi connectivity index (χ1n) is 7.47. The van der Waals surface area contributed by atoms with Crippen molar-refractivity contribution in [1.82, 2.24) is 0 Å². The van der Waals surface area contributed by atoms with Gasteiger partial charge in [0, 0.05) is 11.8 Å². The summed E-state index contributed by atoms with van der Waals surface area (Å²) in [7, 11) is 0. The monoisotopic (exact) mass is 270 g/mol. The van der Waals surface area contributed by atoms with E-state index < -0.39 is 11.4 Å². The second-order valence-corrected chi connectivity index (χ2v) is 7.44. The van der Waals surface area contributed by atoms with Crippen LogP contribution in [0.25, 0.3) is 0 Å². The molecule has 4 rings (SSSR count). The van der Waals surface area contributed by atoms with Gasteiger partial charge in [0.15, 0.2) is 11.9 Å². The maximum atomic E-state index is 6.14. The zero-order valence-electron chi connectivity index (χ0n) is 12.7. The lowest BCUT2D eigenvalue weighted by Gasteiger charge is -2.58. The van der Waals surface area contributed by atoms with Crippen molar-refractivity contribution in [3.63, 3.8) is 0 Å². The molecule has 0 aromatic heterocycles. The van der Waals surface area contributed by atoms with E-state index >= 15 is 0 Å². The molecule has 4 unspecified atom stereocenters. The highest BCUT2D eigenvalue weighted by Gasteiger charge is 2.67. The van der Waals surface area contributed by atoms with Crippen molar-refractivity contribution >= 4 is 0 Å². The largest absolute Gasteiger partial charge is 0.349 e. The Morgan fingerprint density at radius 1 is 1.05 bits per heavy atom. The van der Waals surface area contributed by atoms with Gasteiger partial charge in [-0.25, -0.2) is 9.78 Å². The molecular weight excluding hydrogens is 244 g/mol. The summed E-state index contributed by atoms with van der Waals surface area (Å²) in [4.78, 5) is 11.7. The number of fused-ring (bicyclic) bond motifs is 3. The molecule has 0 aliphatic carbocycles. The Hall–Kier alpha value is -0.160. The van der Waals surface area contributed by atoms with Crippen molar-refractivity contribution in [2.24, 2.45) is 17.3 Å². The highest BCUT2D eigenvalue weighted by atomic mass is 17.3. The predicted molar refractivity (Wildman–Crippen MR) is 70.1 cm³/mol. The Morgan fingerprint density at radius 3 is 2.47 bits per heavy atom. The molecule has 4 atom stereocenters. The third kappa shape index (κ3) is 1.80. The molecule has 19 heavy (non-hydrogen) atoms. The first-order chi connectivity index (χ1) is 8.81. The highest BCUT2D eigenvalue weighted by Crippen LogP contribution is 2.58. The Labute approximate surface area is 115 Å². The van der Waals surface area contributed by atoms with Crippen molar-refractivity contribution in [3.8, 4) is 0 Å². The quantitative estimate of drug-likeness (QED) is 0.685. The minimum atomic E-state index is -0.661. The van der Waals surface area contributed by atoms with Gasteiger partial charge in [-0.05, 0) is 31.6 Å². The van der Waals surface area contributed by atoms with E-state index in [4.69, 9.17) is 19.2 Å². The van der Waals surface area contributed by atoms with Crippen molar-refractivity contribution in [2.45, 2.75) is 71.6 Å². The van der Waals surface area contributed by atoms with Crippen molar-refractivity contribution in [3.05, 3.63) is 0 Å². The maximum Gasteiger partial charge on any atom is 0.201 e. The molecule has 0 aromatic carbocycles. The summed E-state index contributed by atoms with van der Waals surface area (Å²) in [6.45, 7) is 11.7. The zero-order chi connectivity index (χ0) is 13.9. The van der Waals surface area contributed by atoms with Crippen LogP contribution in [0.5, 0.6) is 0 Å². The fraction of sp³-hybridized carbons (Fsp3) is 1.00. The van der Waals surface area contributed by atoms with E-state index in [1.54, 1.807) is 0 Å². The van der Waals surface area contributed by atoms with Gasteiger partial charge in [-0.3, -0.25) is 0 Å². The molecule has 4 heteroatoms. The van der Waals surface area contributed by atoms with E-state index in [0.717, 1.165) is 25.9 Å². The van der Waals surface area contributed by atoms with Gasteiger partial charge < -0.3 is 9.47 Å². The minimum Gasteiger partial charge on any atom is -0.349 e. The van der Waals surface area contributed by atoms with Crippen LogP contribution in [-0.2, 0) is 19.2 Å². The van der Waals surface area contributed by atoms with Gasteiger partial charge in [0.05, 0.1) is 6.61 Å². The lowest BCUT2D eigenvalue weighted by Crippen LogP contribution is -2.68. The first-order valence-corrected chi connectivity index (χ1v) is 7.47. The summed E-state index contributed by atoms with van der Waals surface area (Å²) in [6.07, 6.45) is 2.56. The third-order valence-corrected chi connectivity index (χ3v) is 5.38. The van der Waals surface area contributed by atoms with Crippen LogP contribution in [0.15, 0.2) is 0 Å². The van der Waals surface area contributed by atoms with Gasteiger partial charge in [0.1, 0.15) is 0 Å². The molecular formula is C15H26O4.